The first-order valence-electron chi connectivity index (χ1n) is 21.5. The number of hydrogen-bond donors (Lipinski definition) is 3. The molecule has 1 unspecified atom stereocenters. The first-order chi connectivity index (χ1) is 31.7. The lowest BCUT2D eigenvalue weighted by Gasteiger charge is -2.40. The van der Waals surface area contributed by atoms with E-state index in [4.69, 9.17) is 38.6 Å². The van der Waals surface area contributed by atoms with Crippen molar-refractivity contribution in [2.24, 2.45) is 0 Å². The number of fused-ring (bicyclic) bond motifs is 2. The SMILES string of the molecule is COc1ccc(C(Nc2ncnc3c2ncn3[C@@H]2O[C@H]([C@@H](C)OC(c3ccccc3)(c3ccccc3)c3ccc(OC)cc3)[C@]3(O)C(OC)[C@]23O)(c2ccccc2)c2ccccc2)cc1. The molecule has 2 fully saturated rings. The van der Waals surface area contributed by atoms with Gasteiger partial charge in [0.05, 0.1) is 26.7 Å². The second kappa shape index (κ2) is 16.6. The average molecular weight is 868 g/mol. The number of benzene rings is 6. The Bertz CT molecular complexity index is 2810. The van der Waals surface area contributed by atoms with Crippen molar-refractivity contribution in [3.63, 3.8) is 0 Å². The molecular formula is C53H49N5O7. The molecule has 8 aromatic rings. The first-order valence-corrected chi connectivity index (χ1v) is 21.5. The number of aromatic nitrogens is 4. The number of rotatable bonds is 15. The molecular weight excluding hydrogens is 819 g/mol. The normalized spacial score (nSPS) is 22.0. The second-order valence-corrected chi connectivity index (χ2v) is 16.5. The number of hydrogen-bond acceptors (Lipinski definition) is 11. The van der Waals surface area contributed by atoms with Gasteiger partial charge in [-0.05, 0) is 64.6 Å². The number of nitrogens with one attached hydrogen (secondary N) is 1. The van der Waals surface area contributed by atoms with E-state index in [2.05, 4.69) is 29.6 Å². The molecule has 12 nitrogen and oxygen atoms in total. The number of imidazole rings is 1. The third-order valence-corrected chi connectivity index (χ3v) is 13.2. The van der Waals surface area contributed by atoms with Crippen LogP contribution in [0.25, 0.3) is 11.2 Å². The lowest BCUT2D eigenvalue weighted by atomic mass is 9.77. The van der Waals surface area contributed by atoms with Gasteiger partial charge in [0.15, 0.2) is 34.4 Å². The maximum atomic E-state index is 12.7. The van der Waals surface area contributed by atoms with Gasteiger partial charge in [-0.2, -0.15) is 0 Å². The Morgan fingerprint density at radius 2 is 1.06 bits per heavy atom. The number of anilines is 1. The Hall–Kier alpha value is -6.93. The van der Waals surface area contributed by atoms with Gasteiger partial charge >= 0.3 is 0 Å². The first kappa shape index (κ1) is 42.0. The second-order valence-electron chi connectivity index (χ2n) is 16.5. The molecule has 0 amide bonds. The van der Waals surface area contributed by atoms with Gasteiger partial charge in [0.1, 0.15) is 41.2 Å². The molecule has 1 aliphatic heterocycles. The number of methoxy groups -OCH3 is 3. The highest BCUT2D eigenvalue weighted by molar-refractivity contribution is 5.84. The van der Waals surface area contributed by atoms with Crippen molar-refractivity contribution in [3.05, 3.63) is 216 Å². The van der Waals surface area contributed by atoms with Gasteiger partial charge in [-0.15, -0.1) is 0 Å². The predicted molar refractivity (Wildman–Crippen MR) is 246 cm³/mol. The van der Waals surface area contributed by atoms with Gasteiger partial charge < -0.3 is 39.2 Å². The van der Waals surface area contributed by atoms with Crippen LogP contribution in [0.3, 0.4) is 0 Å². The standard InChI is InChI=1S/C53H49N5O7/c1-35(65-51(39-21-13-7-14-22-39,40-23-15-8-16-24-40)41-27-31-43(62-3)32-28-41)45-52(59)48(63-4)53(52,60)49(64-45)58-34-56-44-46(54-33-55-47(44)58)57-50(36-17-9-5-10-18-36,37-19-11-6-12-20-37)38-25-29-42(61-2)30-26-38/h5-35,45,48-49,59-60H,1-4H3,(H,54,55,57)/t35-,45-,48?,49-,52+,53+/m1/s1. The molecule has 3 N–H and O–H groups in total. The summed E-state index contributed by atoms with van der Waals surface area (Å²) in [4.78, 5) is 14.4. The minimum atomic E-state index is -1.92. The Morgan fingerprint density at radius 1 is 0.600 bits per heavy atom. The summed E-state index contributed by atoms with van der Waals surface area (Å²) in [6.07, 6.45) is -1.16. The zero-order valence-corrected chi connectivity index (χ0v) is 36.4. The molecule has 1 saturated carbocycles. The number of nitrogens with zero attached hydrogens (tertiary/aromatic N) is 4. The van der Waals surface area contributed by atoms with Crippen molar-refractivity contribution in [3.8, 4) is 11.5 Å². The molecule has 0 spiro atoms. The summed E-state index contributed by atoms with van der Waals surface area (Å²) in [5.41, 5.74) is 0.192. The van der Waals surface area contributed by atoms with E-state index in [1.807, 2.05) is 153 Å². The van der Waals surface area contributed by atoms with E-state index in [-0.39, 0.29) is 0 Å². The molecule has 0 radical (unpaired) electrons. The monoisotopic (exact) mass is 867 g/mol. The van der Waals surface area contributed by atoms with Crippen LogP contribution in [0.2, 0.25) is 0 Å². The average Bonchev–Trinajstić information content (AvgIpc) is 3.57. The van der Waals surface area contributed by atoms with Gasteiger partial charge in [-0.1, -0.05) is 146 Å². The van der Waals surface area contributed by atoms with Crippen molar-refractivity contribution in [2.75, 3.05) is 26.6 Å². The van der Waals surface area contributed by atoms with Gasteiger partial charge in [-0.3, -0.25) is 4.57 Å². The maximum absolute atomic E-state index is 12.7. The highest BCUT2D eigenvalue weighted by Crippen LogP contribution is 2.66. The predicted octanol–water partition coefficient (Wildman–Crippen LogP) is 8.03. The van der Waals surface area contributed by atoms with Gasteiger partial charge in [0.2, 0.25) is 0 Å². The fourth-order valence-electron chi connectivity index (χ4n) is 10.1. The van der Waals surface area contributed by atoms with E-state index in [0.29, 0.717) is 22.7 Å². The highest BCUT2D eigenvalue weighted by atomic mass is 16.6. The minimum absolute atomic E-state index is 0.366. The summed E-state index contributed by atoms with van der Waals surface area (Å²) in [6.45, 7) is 1.85. The van der Waals surface area contributed by atoms with Crippen molar-refractivity contribution < 1.29 is 33.9 Å². The third-order valence-electron chi connectivity index (χ3n) is 13.2. The molecule has 2 aromatic heterocycles. The summed E-state index contributed by atoms with van der Waals surface area (Å²) in [5, 5.41) is 29.2. The van der Waals surface area contributed by atoms with Crippen LogP contribution in [0.15, 0.2) is 183 Å². The van der Waals surface area contributed by atoms with Crippen LogP contribution < -0.4 is 14.8 Å². The summed E-state index contributed by atoms with van der Waals surface area (Å²) >= 11 is 0. The van der Waals surface area contributed by atoms with Crippen molar-refractivity contribution >= 4 is 17.0 Å². The van der Waals surface area contributed by atoms with Crippen LogP contribution in [-0.2, 0) is 25.4 Å². The van der Waals surface area contributed by atoms with E-state index in [1.54, 1.807) is 25.1 Å². The fraction of sp³-hybridized carbons (Fsp3) is 0.226. The summed E-state index contributed by atoms with van der Waals surface area (Å²) in [5.74, 6) is 1.85. The molecule has 0 bridgehead atoms. The van der Waals surface area contributed by atoms with E-state index in [9.17, 15) is 10.2 Å². The molecule has 65 heavy (non-hydrogen) atoms. The minimum Gasteiger partial charge on any atom is -0.497 e. The number of ether oxygens (including phenoxy) is 5. The van der Waals surface area contributed by atoms with Crippen LogP contribution in [0, 0.1) is 0 Å². The molecule has 10 rings (SSSR count). The zero-order chi connectivity index (χ0) is 44.8. The quantitative estimate of drug-likeness (QED) is 0.0863. The van der Waals surface area contributed by atoms with Gasteiger partial charge in [-0.25, -0.2) is 15.0 Å². The molecule has 1 saturated heterocycles. The van der Waals surface area contributed by atoms with Crippen molar-refractivity contribution in [1.29, 1.82) is 0 Å². The molecule has 12 heteroatoms. The summed E-state index contributed by atoms with van der Waals surface area (Å²) in [6, 6.07) is 55.8. The Balaban J connectivity index is 1.06. The Morgan fingerprint density at radius 3 is 1.55 bits per heavy atom. The van der Waals surface area contributed by atoms with Crippen LogP contribution in [-0.4, -0.2) is 80.6 Å². The lowest BCUT2D eigenvalue weighted by Crippen LogP contribution is -2.47. The van der Waals surface area contributed by atoms with Gasteiger partial charge in [0, 0.05) is 7.11 Å². The summed E-state index contributed by atoms with van der Waals surface area (Å²) < 4.78 is 32.8. The van der Waals surface area contributed by atoms with Crippen LogP contribution in [0.5, 0.6) is 11.5 Å². The van der Waals surface area contributed by atoms with E-state index >= 15 is 0 Å². The molecule has 328 valence electrons. The largest absolute Gasteiger partial charge is 0.497 e. The Kier molecular flexibility index (Phi) is 10.7. The van der Waals surface area contributed by atoms with Crippen LogP contribution >= 0.6 is 0 Å². The Labute approximate surface area is 377 Å². The van der Waals surface area contributed by atoms with Crippen LogP contribution in [0.1, 0.15) is 46.5 Å². The zero-order valence-electron chi connectivity index (χ0n) is 36.4. The van der Waals surface area contributed by atoms with Gasteiger partial charge in [0.25, 0.3) is 0 Å². The molecule has 6 aromatic carbocycles. The van der Waals surface area contributed by atoms with E-state index < -0.39 is 46.9 Å². The maximum Gasteiger partial charge on any atom is 0.173 e. The fourth-order valence-corrected chi connectivity index (χ4v) is 10.1. The van der Waals surface area contributed by atoms with Crippen LogP contribution in [0.4, 0.5) is 5.82 Å². The van der Waals surface area contributed by atoms with E-state index in [0.717, 1.165) is 39.1 Å². The van der Waals surface area contributed by atoms with Crippen molar-refractivity contribution in [1.82, 2.24) is 19.5 Å². The molecule has 6 atom stereocenters. The van der Waals surface area contributed by atoms with Crippen molar-refractivity contribution in [2.45, 2.75) is 53.8 Å². The highest BCUT2D eigenvalue weighted by Gasteiger charge is 2.90. The van der Waals surface area contributed by atoms with E-state index in [1.165, 1.54) is 13.4 Å². The summed E-state index contributed by atoms with van der Waals surface area (Å²) in [7, 11) is 4.74. The molecule has 3 heterocycles. The topological polar surface area (TPSA) is 142 Å². The molecule has 1 aliphatic carbocycles. The molecule has 2 aliphatic rings. The third kappa shape index (κ3) is 6.51. The lowest BCUT2D eigenvalue weighted by molar-refractivity contribution is -0.176. The smallest absolute Gasteiger partial charge is 0.173 e. The number of aliphatic hydroxyl groups is 2.